The largest absolute Gasteiger partial charge is 0.458 e. The van der Waals surface area contributed by atoms with Crippen molar-refractivity contribution in [1.82, 2.24) is 0 Å². The van der Waals surface area contributed by atoms with Gasteiger partial charge in [-0.1, -0.05) is 140 Å². The molecule has 0 saturated heterocycles. The second kappa shape index (κ2) is 12.9. The van der Waals surface area contributed by atoms with Crippen LogP contribution in [-0.2, 0) is 28.1 Å². The predicted molar refractivity (Wildman–Crippen MR) is 271 cm³/mol. The average Bonchev–Trinajstić information content (AvgIpc) is 3.29. The van der Waals surface area contributed by atoms with Crippen LogP contribution in [0.5, 0.6) is 11.5 Å². The number of nitrogens with zero attached hydrogens (tertiary/aromatic N) is 2. The minimum Gasteiger partial charge on any atom is -0.458 e. The molecule has 7 aromatic rings. The van der Waals surface area contributed by atoms with Crippen molar-refractivity contribution in [1.29, 1.82) is 0 Å². The molecule has 7 aromatic carbocycles. The molecule has 3 nitrogen and oxygen atoms in total. The van der Waals surface area contributed by atoms with Crippen LogP contribution >= 0.6 is 0 Å². The molecule has 4 aliphatic heterocycles. The van der Waals surface area contributed by atoms with E-state index in [1.165, 1.54) is 102 Å². The maximum absolute atomic E-state index is 7.71. The molecule has 0 spiro atoms. The molecule has 0 atom stereocenters. The van der Waals surface area contributed by atoms with Gasteiger partial charge in [-0.15, -0.1) is 0 Å². The summed E-state index contributed by atoms with van der Waals surface area (Å²) in [5, 5.41) is 0. The van der Waals surface area contributed by atoms with Gasteiger partial charge in [0, 0.05) is 39.7 Å². The third-order valence-corrected chi connectivity index (χ3v) is 16.9. The van der Waals surface area contributed by atoms with E-state index >= 15 is 0 Å². The summed E-state index contributed by atoms with van der Waals surface area (Å²) in [6.45, 7) is 19.9. The van der Waals surface area contributed by atoms with Gasteiger partial charge in [0.25, 0.3) is 6.71 Å². The van der Waals surface area contributed by atoms with E-state index in [-0.39, 0.29) is 35.1 Å². The molecule has 2 aliphatic carbocycles. The van der Waals surface area contributed by atoms with Crippen LogP contribution in [0.1, 0.15) is 114 Å². The topological polar surface area (TPSA) is 15.7 Å². The van der Waals surface area contributed by atoms with Crippen LogP contribution in [0.25, 0.3) is 0 Å². The van der Waals surface area contributed by atoms with E-state index < -0.39 is 0 Å². The van der Waals surface area contributed by atoms with Gasteiger partial charge in [-0.2, -0.15) is 0 Å². The second-order valence-corrected chi connectivity index (χ2v) is 22.5. The zero-order chi connectivity index (χ0) is 43.7. The Bertz CT molecular complexity index is 2940. The molecule has 0 bridgehead atoms. The fraction of sp³-hybridized carbons (Fsp3) is 0.288. The number of hydrogen-bond acceptors (Lipinski definition) is 3. The van der Waals surface area contributed by atoms with Crippen LogP contribution in [-0.4, -0.2) is 13.4 Å². The number of fused-ring (bicyclic) bond motifs is 12. The summed E-state index contributed by atoms with van der Waals surface area (Å²) in [6, 6.07) is 50.9. The van der Waals surface area contributed by atoms with Crippen LogP contribution < -0.4 is 47.3 Å². The number of ether oxygens (including phenoxy) is 1. The van der Waals surface area contributed by atoms with Crippen LogP contribution in [0, 0.1) is 0 Å². The number of hydrogen-bond donors (Lipinski definition) is 0. The summed E-state index contributed by atoms with van der Waals surface area (Å²) in [4.78, 5) is 5.11. The molecule has 6 aliphatic rings. The minimum absolute atomic E-state index is 0.00773. The molecule has 5 heteroatoms. The Kier molecular flexibility index (Phi) is 7.75. The molecule has 0 unspecified atom stereocenters. The van der Waals surface area contributed by atoms with Crippen LogP contribution in [0.2, 0.25) is 0 Å². The highest BCUT2D eigenvalue weighted by atomic mass is 16.5. The highest BCUT2D eigenvalue weighted by molar-refractivity contribution is 7.01. The van der Waals surface area contributed by atoms with E-state index in [1.54, 1.807) is 11.1 Å². The molecule has 13 rings (SSSR count). The molecule has 64 heavy (non-hydrogen) atoms. The Morgan fingerprint density at radius 2 is 0.906 bits per heavy atom. The summed E-state index contributed by atoms with van der Waals surface area (Å²) in [5.74, 6) is 2.12. The van der Waals surface area contributed by atoms with Crippen molar-refractivity contribution in [2.75, 3.05) is 9.80 Å². The van der Waals surface area contributed by atoms with Gasteiger partial charge in [0.05, 0.1) is 0 Å². The smallest absolute Gasteiger partial charge is 0.256 e. The monoisotopic (exact) mass is 830 g/mol. The lowest BCUT2D eigenvalue weighted by Gasteiger charge is -2.49. The molecule has 0 N–H and O–H groups in total. The van der Waals surface area contributed by atoms with E-state index in [0.717, 1.165) is 30.8 Å². The minimum atomic E-state index is -0.0384. The zero-order valence-corrected chi connectivity index (χ0v) is 38.7. The number of rotatable bonds is 2. The summed E-state index contributed by atoms with van der Waals surface area (Å²) in [7, 11) is 0. The summed E-state index contributed by atoms with van der Waals surface area (Å²) >= 11 is 0. The van der Waals surface area contributed by atoms with E-state index in [2.05, 4.69) is 199 Å². The molecular weight excluding hydrogens is 774 g/mol. The lowest BCUT2D eigenvalue weighted by molar-refractivity contribution is 0.320. The van der Waals surface area contributed by atoms with E-state index in [9.17, 15) is 0 Å². The molecule has 0 fully saturated rings. The average molecular weight is 831 g/mol. The van der Waals surface area contributed by atoms with Gasteiger partial charge in [0.1, 0.15) is 11.5 Å². The maximum Gasteiger partial charge on any atom is 0.256 e. The van der Waals surface area contributed by atoms with Gasteiger partial charge in [-0.05, 0) is 163 Å². The van der Waals surface area contributed by atoms with E-state index in [0.29, 0.717) is 0 Å². The van der Waals surface area contributed by atoms with Gasteiger partial charge < -0.3 is 14.5 Å². The Hall–Kier alpha value is -5.93. The van der Waals surface area contributed by atoms with Crippen molar-refractivity contribution in [3.05, 3.63) is 167 Å². The first-order valence-corrected chi connectivity index (χ1v) is 23.9. The number of anilines is 6. The van der Waals surface area contributed by atoms with E-state index in [4.69, 9.17) is 4.74 Å². The molecule has 314 valence electrons. The standard InChI is InChI=1S/C59H56B2N2O/c1-56(2)27-29-58(5,6)51-39-31-36-32-50-45(35-44(36)60-42-23-15-17-25-46(42)62(37-19-11-9-12-20-37)48(53(39)60)33-40(51)56)61-43-24-16-18-26-47(43)63(38-21-13-10-14-22-38)49-34-41-52(55(64-50)54(49)61)59(7,8)30-28-57(41,3)4/h9-26,32-35H,27-31H2,1-8H3. The van der Waals surface area contributed by atoms with Crippen molar-refractivity contribution >= 4 is 80.3 Å². The van der Waals surface area contributed by atoms with Crippen molar-refractivity contribution in [3.8, 4) is 11.5 Å². The van der Waals surface area contributed by atoms with Gasteiger partial charge in [0.15, 0.2) is 0 Å². The van der Waals surface area contributed by atoms with Gasteiger partial charge in [0.2, 0.25) is 6.71 Å². The fourth-order valence-corrected chi connectivity index (χ4v) is 13.4. The lowest BCUT2D eigenvalue weighted by atomic mass is 9.29. The summed E-state index contributed by atoms with van der Waals surface area (Å²) in [6.07, 6.45) is 5.52. The Labute approximate surface area is 380 Å². The third-order valence-electron chi connectivity index (χ3n) is 16.9. The highest BCUT2D eigenvalue weighted by Gasteiger charge is 2.51. The predicted octanol–water partition coefficient (Wildman–Crippen LogP) is 11.0. The molecular formula is C59H56B2N2O. The lowest BCUT2D eigenvalue weighted by Crippen LogP contribution is -2.65. The normalized spacial score (nSPS) is 19.1. The zero-order valence-electron chi connectivity index (χ0n) is 38.7. The quantitative estimate of drug-likeness (QED) is 0.161. The summed E-state index contributed by atoms with van der Waals surface area (Å²) in [5.41, 5.74) is 24.7. The SMILES string of the molecule is CC1(C)CCC(C)(C)c2c1cc1c3c2Cc2cc4c(cc2B3c2ccccc2N1c1ccccc1)B1c2ccccc2N(c2ccccc2)c2cc3c(c(c21)O4)C(C)(C)CCC3(C)C. The first kappa shape index (κ1) is 38.5. The molecule has 0 amide bonds. The Morgan fingerprint density at radius 1 is 0.438 bits per heavy atom. The maximum atomic E-state index is 7.71. The Balaban J connectivity index is 1.11. The van der Waals surface area contributed by atoms with Crippen molar-refractivity contribution in [3.63, 3.8) is 0 Å². The third kappa shape index (κ3) is 5.13. The molecule has 4 heterocycles. The second-order valence-electron chi connectivity index (χ2n) is 22.5. The highest BCUT2D eigenvalue weighted by Crippen LogP contribution is 2.55. The first-order valence-electron chi connectivity index (χ1n) is 23.9. The fourth-order valence-electron chi connectivity index (χ4n) is 13.4. The van der Waals surface area contributed by atoms with Crippen LogP contribution in [0.15, 0.2) is 133 Å². The van der Waals surface area contributed by atoms with Crippen LogP contribution in [0.4, 0.5) is 34.1 Å². The van der Waals surface area contributed by atoms with Gasteiger partial charge in [-0.3, -0.25) is 0 Å². The van der Waals surface area contributed by atoms with Gasteiger partial charge >= 0.3 is 0 Å². The van der Waals surface area contributed by atoms with E-state index in [1.807, 2.05) is 0 Å². The van der Waals surface area contributed by atoms with Crippen LogP contribution in [0.3, 0.4) is 0 Å². The molecule has 0 radical (unpaired) electrons. The van der Waals surface area contributed by atoms with Crippen molar-refractivity contribution in [2.45, 2.75) is 109 Å². The summed E-state index contributed by atoms with van der Waals surface area (Å²) < 4.78 is 7.71. The Morgan fingerprint density at radius 3 is 1.48 bits per heavy atom. The molecule has 0 saturated carbocycles. The van der Waals surface area contributed by atoms with Gasteiger partial charge in [-0.25, -0.2) is 0 Å². The van der Waals surface area contributed by atoms with Crippen molar-refractivity contribution in [2.24, 2.45) is 0 Å². The molecule has 0 aromatic heterocycles. The number of para-hydroxylation sites is 4. The first-order chi connectivity index (χ1) is 30.7. The number of benzene rings is 7. The van der Waals surface area contributed by atoms with Crippen molar-refractivity contribution < 1.29 is 4.74 Å².